The van der Waals surface area contributed by atoms with Gasteiger partial charge in [0, 0.05) is 11.8 Å². The van der Waals surface area contributed by atoms with Gasteiger partial charge in [0.15, 0.2) is 5.17 Å². The van der Waals surface area contributed by atoms with Gasteiger partial charge in [-0.1, -0.05) is 48.5 Å². The van der Waals surface area contributed by atoms with Gasteiger partial charge in [-0.3, -0.25) is 4.99 Å². The van der Waals surface area contributed by atoms with Crippen LogP contribution in [0.5, 0.6) is 0 Å². The molecule has 3 rings (SSSR count). The van der Waals surface area contributed by atoms with Gasteiger partial charge < -0.3 is 5.32 Å². The van der Waals surface area contributed by atoms with Crippen molar-refractivity contribution in [1.29, 1.82) is 0 Å². The Labute approximate surface area is 107 Å². The number of hydrogen-bond donors (Lipinski definition) is 1. The maximum absolute atomic E-state index is 4.68. The molecule has 1 aliphatic carbocycles. The lowest BCUT2D eigenvalue weighted by molar-refractivity contribution is 0.489. The van der Waals surface area contributed by atoms with Crippen LogP contribution in [-0.4, -0.2) is 17.0 Å². The van der Waals surface area contributed by atoms with E-state index in [1.807, 2.05) is 17.8 Å². The van der Waals surface area contributed by atoms with Crippen LogP contribution >= 0.6 is 11.8 Å². The molecule has 0 bridgehead atoms. The molecule has 0 radical (unpaired) electrons. The van der Waals surface area contributed by atoms with Gasteiger partial charge in [-0.15, -0.1) is 0 Å². The quantitative estimate of drug-likeness (QED) is 0.867. The highest BCUT2D eigenvalue weighted by atomic mass is 32.2. The first-order valence-electron chi connectivity index (χ1n) is 6.39. The minimum Gasteiger partial charge on any atom is -0.362 e. The molecular formula is C14H18N2S. The molecule has 1 saturated heterocycles. The summed E-state index contributed by atoms with van der Waals surface area (Å²) in [6.07, 6.45) is 4.11. The van der Waals surface area contributed by atoms with Crippen molar-refractivity contribution in [3.63, 3.8) is 0 Å². The summed E-state index contributed by atoms with van der Waals surface area (Å²) < 4.78 is 0. The number of aliphatic imine (C=N–C) groups is 1. The molecule has 2 nitrogen and oxygen atoms in total. The minimum atomic E-state index is 0.700. The molecular weight excluding hydrogens is 228 g/mol. The molecule has 1 heterocycles. The van der Waals surface area contributed by atoms with E-state index in [2.05, 4.69) is 34.6 Å². The zero-order chi connectivity index (χ0) is 11.5. The van der Waals surface area contributed by atoms with Crippen molar-refractivity contribution in [2.45, 2.75) is 31.8 Å². The number of rotatable bonds is 2. The van der Waals surface area contributed by atoms with Crippen molar-refractivity contribution in [2.24, 2.45) is 10.9 Å². The van der Waals surface area contributed by atoms with Gasteiger partial charge in [0.1, 0.15) is 0 Å². The molecule has 2 atom stereocenters. The van der Waals surface area contributed by atoms with Crippen LogP contribution < -0.4 is 5.32 Å². The predicted molar refractivity (Wildman–Crippen MR) is 74.3 cm³/mol. The van der Waals surface area contributed by atoms with Crippen LogP contribution in [0.1, 0.15) is 24.8 Å². The van der Waals surface area contributed by atoms with E-state index in [0.29, 0.717) is 6.04 Å². The Morgan fingerprint density at radius 3 is 3.00 bits per heavy atom. The first kappa shape index (κ1) is 11.1. The molecule has 3 heteroatoms. The molecule has 2 fully saturated rings. The van der Waals surface area contributed by atoms with Crippen LogP contribution in [0.2, 0.25) is 0 Å². The molecule has 1 aromatic rings. The number of fused-ring (bicyclic) bond motifs is 1. The normalized spacial score (nSPS) is 30.0. The molecule has 90 valence electrons. The van der Waals surface area contributed by atoms with Crippen molar-refractivity contribution in [2.75, 3.05) is 5.75 Å². The van der Waals surface area contributed by atoms with Crippen molar-refractivity contribution in [1.82, 2.24) is 5.32 Å². The Morgan fingerprint density at radius 2 is 2.12 bits per heavy atom. The monoisotopic (exact) mass is 246 g/mol. The SMILES string of the molecule is c1ccc(CN=C2NC3CCCC3CS2)cc1. The number of nitrogens with one attached hydrogen (secondary N) is 1. The molecule has 0 amide bonds. The van der Waals surface area contributed by atoms with Gasteiger partial charge in [-0.05, 0) is 24.3 Å². The Morgan fingerprint density at radius 1 is 1.24 bits per heavy atom. The summed E-state index contributed by atoms with van der Waals surface area (Å²) >= 11 is 1.90. The first-order valence-corrected chi connectivity index (χ1v) is 7.38. The van der Waals surface area contributed by atoms with Gasteiger partial charge in [-0.25, -0.2) is 0 Å². The van der Waals surface area contributed by atoms with E-state index < -0.39 is 0 Å². The van der Waals surface area contributed by atoms with E-state index in [-0.39, 0.29) is 0 Å². The Kier molecular flexibility index (Phi) is 3.36. The Balaban J connectivity index is 1.61. The van der Waals surface area contributed by atoms with Gasteiger partial charge >= 0.3 is 0 Å². The average Bonchev–Trinajstić information content (AvgIpc) is 2.85. The van der Waals surface area contributed by atoms with Gasteiger partial charge in [0.2, 0.25) is 0 Å². The third kappa shape index (κ3) is 2.65. The van der Waals surface area contributed by atoms with Crippen LogP contribution in [0.3, 0.4) is 0 Å². The zero-order valence-corrected chi connectivity index (χ0v) is 10.7. The third-order valence-corrected chi connectivity index (χ3v) is 4.77. The Bertz CT molecular complexity index is 402. The molecule has 2 aliphatic rings. The zero-order valence-electron chi connectivity index (χ0n) is 9.93. The van der Waals surface area contributed by atoms with Crippen molar-refractivity contribution >= 4 is 16.9 Å². The number of thioether (sulfide) groups is 1. The fourth-order valence-corrected chi connectivity index (χ4v) is 3.81. The van der Waals surface area contributed by atoms with Crippen LogP contribution in [-0.2, 0) is 6.54 Å². The molecule has 0 aromatic heterocycles. The summed E-state index contributed by atoms with van der Waals surface area (Å²) in [4.78, 5) is 4.68. The van der Waals surface area contributed by atoms with Gasteiger partial charge in [0.05, 0.1) is 6.54 Å². The Hall–Kier alpha value is -0.960. The van der Waals surface area contributed by atoms with E-state index in [1.165, 1.54) is 30.6 Å². The highest BCUT2D eigenvalue weighted by Crippen LogP contribution is 2.32. The van der Waals surface area contributed by atoms with E-state index in [0.717, 1.165) is 17.6 Å². The fraction of sp³-hybridized carbons (Fsp3) is 0.500. The number of hydrogen-bond acceptors (Lipinski definition) is 2. The minimum absolute atomic E-state index is 0.700. The lowest BCUT2D eigenvalue weighted by atomic mass is 10.1. The number of amidine groups is 1. The summed E-state index contributed by atoms with van der Waals surface area (Å²) in [7, 11) is 0. The van der Waals surface area contributed by atoms with Crippen molar-refractivity contribution < 1.29 is 0 Å². The molecule has 2 unspecified atom stereocenters. The lowest BCUT2D eigenvalue weighted by Crippen LogP contribution is -2.41. The largest absolute Gasteiger partial charge is 0.362 e. The second kappa shape index (κ2) is 5.13. The fourth-order valence-electron chi connectivity index (χ4n) is 2.65. The van der Waals surface area contributed by atoms with Crippen LogP contribution in [0.25, 0.3) is 0 Å². The molecule has 1 saturated carbocycles. The summed E-state index contributed by atoms with van der Waals surface area (Å²) in [6.45, 7) is 0.799. The van der Waals surface area contributed by atoms with Crippen molar-refractivity contribution in [3.05, 3.63) is 35.9 Å². The first-order chi connectivity index (χ1) is 8.42. The lowest BCUT2D eigenvalue weighted by Gasteiger charge is -2.28. The van der Waals surface area contributed by atoms with E-state index in [9.17, 15) is 0 Å². The standard InChI is InChI=1S/C14H18N2S/c1-2-5-11(6-3-1)9-15-14-16-13-8-4-7-12(13)10-17-14/h1-3,5-6,12-13H,4,7-10H2,(H,15,16). The maximum atomic E-state index is 4.68. The van der Waals surface area contributed by atoms with Gasteiger partial charge in [-0.2, -0.15) is 0 Å². The van der Waals surface area contributed by atoms with E-state index >= 15 is 0 Å². The third-order valence-electron chi connectivity index (χ3n) is 3.65. The van der Waals surface area contributed by atoms with Crippen LogP contribution in [0.4, 0.5) is 0 Å². The average molecular weight is 246 g/mol. The number of nitrogens with zero attached hydrogens (tertiary/aromatic N) is 1. The summed E-state index contributed by atoms with van der Waals surface area (Å²) in [6, 6.07) is 11.2. The van der Waals surface area contributed by atoms with Gasteiger partial charge in [0.25, 0.3) is 0 Å². The predicted octanol–water partition coefficient (Wildman–Crippen LogP) is 3.05. The summed E-state index contributed by atoms with van der Waals surface area (Å²) in [5, 5.41) is 4.75. The summed E-state index contributed by atoms with van der Waals surface area (Å²) in [5.74, 6) is 2.14. The molecule has 1 aliphatic heterocycles. The van der Waals surface area contributed by atoms with E-state index in [1.54, 1.807) is 0 Å². The summed E-state index contributed by atoms with van der Waals surface area (Å²) in [5.41, 5.74) is 1.29. The second-order valence-electron chi connectivity index (χ2n) is 4.86. The highest BCUT2D eigenvalue weighted by molar-refractivity contribution is 8.13. The molecule has 1 N–H and O–H groups in total. The van der Waals surface area contributed by atoms with E-state index in [4.69, 9.17) is 0 Å². The highest BCUT2D eigenvalue weighted by Gasteiger charge is 2.31. The second-order valence-corrected chi connectivity index (χ2v) is 5.87. The topological polar surface area (TPSA) is 24.4 Å². The van der Waals surface area contributed by atoms with Crippen LogP contribution in [0.15, 0.2) is 35.3 Å². The van der Waals surface area contributed by atoms with Crippen molar-refractivity contribution in [3.8, 4) is 0 Å². The maximum Gasteiger partial charge on any atom is 0.157 e. The van der Waals surface area contributed by atoms with Crippen LogP contribution in [0, 0.1) is 5.92 Å². The number of benzene rings is 1. The molecule has 17 heavy (non-hydrogen) atoms. The molecule has 0 spiro atoms. The smallest absolute Gasteiger partial charge is 0.157 e. The molecule has 1 aromatic carbocycles.